The summed E-state index contributed by atoms with van der Waals surface area (Å²) in [4.78, 5) is 20.9. The zero-order valence-corrected chi connectivity index (χ0v) is 5.30. The van der Waals surface area contributed by atoms with Crippen LogP contribution in [0, 0.1) is 0 Å². The lowest BCUT2D eigenvalue weighted by Crippen LogP contribution is -2.63. The van der Waals surface area contributed by atoms with E-state index in [1.54, 1.807) is 5.32 Å². The van der Waals surface area contributed by atoms with Gasteiger partial charge in [0.05, 0.1) is 0 Å². The third-order valence-electron chi connectivity index (χ3n) is 1.21. The summed E-state index contributed by atoms with van der Waals surface area (Å²) in [5.74, 6) is -1.07. The highest BCUT2D eigenvalue weighted by Gasteiger charge is 2.34. The fourth-order valence-corrected chi connectivity index (χ4v) is 0.680. The summed E-state index contributed by atoms with van der Waals surface area (Å²) >= 11 is 0. The molecular weight excluding hydrogens is 157 g/mol. The number of urea groups is 1. The van der Waals surface area contributed by atoms with Crippen LogP contribution in [0.5, 0.6) is 0 Å². The summed E-state index contributed by atoms with van der Waals surface area (Å²) in [6, 6.07) is -0.838. The van der Waals surface area contributed by atoms with Crippen molar-refractivity contribution in [1.29, 1.82) is 0 Å². The number of amides is 3. The van der Waals surface area contributed by atoms with Gasteiger partial charge in [0, 0.05) is 0 Å². The normalized spacial score (nSPS) is 31.1. The number of hydroxylamine groups is 1. The predicted molar refractivity (Wildman–Crippen MR) is 30.3 cm³/mol. The summed E-state index contributed by atoms with van der Waals surface area (Å²) in [5.41, 5.74) is 1.45. The maximum absolute atomic E-state index is 12.6. The van der Waals surface area contributed by atoms with Crippen molar-refractivity contribution in [3.8, 4) is 0 Å². The minimum Gasteiger partial charge on any atom is -0.317 e. The van der Waals surface area contributed by atoms with E-state index >= 15 is 0 Å². The van der Waals surface area contributed by atoms with Crippen LogP contribution in [-0.2, 0) is 4.79 Å². The Hall–Kier alpha value is -1.21. The van der Waals surface area contributed by atoms with Crippen molar-refractivity contribution in [2.75, 3.05) is 0 Å². The SMILES string of the molecule is O=C1NC(=O)C(F)C(NO)N1. The standard InChI is InChI=1S/C4H6FN3O3/c5-1-2(8-11)6-4(10)7-3(1)9/h1-2,8,11H,(H2,6,7,9,10). The lowest BCUT2D eigenvalue weighted by molar-refractivity contribution is -0.129. The Morgan fingerprint density at radius 1 is 1.55 bits per heavy atom. The van der Waals surface area contributed by atoms with E-state index < -0.39 is 24.3 Å². The van der Waals surface area contributed by atoms with Crippen molar-refractivity contribution in [2.45, 2.75) is 12.3 Å². The number of nitrogens with one attached hydrogen (secondary N) is 3. The molecule has 0 saturated carbocycles. The Morgan fingerprint density at radius 3 is 2.73 bits per heavy atom. The monoisotopic (exact) mass is 163 g/mol. The average Bonchev–Trinajstić information content (AvgIpc) is 1.96. The fraction of sp³-hybridized carbons (Fsp3) is 0.500. The van der Waals surface area contributed by atoms with E-state index in [4.69, 9.17) is 5.21 Å². The minimum atomic E-state index is -1.97. The maximum atomic E-state index is 12.6. The highest BCUT2D eigenvalue weighted by molar-refractivity contribution is 5.99. The number of halogens is 1. The first kappa shape index (κ1) is 7.89. The molecular formula is C4H6FN3O3. The van der Waals surface area contributed by atoms with Crippen LogP contribution in [0.1, 0.15) is 0 Å². The number of carbonyl (C=O) groups excluding carboxylic acids is 2. The van der Waals surface area contributed by atoms with Crippen LogP contribution in [0.25, 0.3) is 0 Å². The Balaban J connectivity index is 2.66. The molecule has 0 aromatic carbocycles. The molecule has 2 unspecified atom stereocenters. The summed E-state index contributed by atoms with van der Waals surface area (Å²) in [5, 5.41) is 11.8. The van der Waals surface area contributed by atoms with Crippen LogP contribution in [0.4, 0.5) is 9.18 Å². The molecule has 1 aliphatic heterocycles. The minimum absolute atomic E-state index is 0.838. The van der Waals surface area contributed by atoms with E-state index in [1.165, 1.54) is 5.48 Å². The molecule has 0 bridgehead atoms. The van der Waals surface area contributed by atoms with E-state index in [0.29, 0.717) is 0 Å². The van der Waals surface area contributed by atoms with E-state index in [1.807, 2.05) is 5.32 Å². The van der Waals surface area contributed by atoms with Gasteiger partial charge in [0.1, 0.15) is 6.17 Å². The molecule has 0 aromatic heterocycles. The zero-order chi connectivity index (χ0) is 8.43. The van der Waals surface area contributed by atoms with Gasteiger partial charge in [0.15, 0.2) is 0 Å². The van der Waals surface area contributed by atoms with Gasteiger partial charge in [0.2, 0.25) is 6.17 Å². The molecule has 0 aromatic rings. The van der Waals surface area contributed by atoms with Crippen molar-refractivity contribution < 1.29 is 19.2 Å². The lowest BCUT2D eigenvalue weighted by atomic mass is 10.2. The van der Waals surface area contributed by atoms with Gasteiger partial charge in [-0.2, -0.15) is 5.48 Å². The largest absolute Gasteiger partial charge is 0.322 e. The number of imide groups is 1. The molecule has 1 aliphatic rings. The molecule has 0 radical (unpaired) electrons. The van der Waals surface area contributed by atoms with Gasteiger partial charge in [-0.3, -0.25) is 10.1 Å². The molecule has 0 spiro atoms. The van der Waals surface area contributed by atoms with Crippen LogP contribution < -0.4 is 16.1 Å². The molecule has 1 rings (SSSR count). The number of alkyl halides is 1. The third kappa shape index (κ3) is 1.44. The van der Waals surface area contributed by atoms with Gasteiger partial charge >= 0.3 is 6.03 Å². The molecule has 6 nitrogen and oxygen atoms in total. The van der Waals surface area contributed by atoms with E-state index in [-0.39, 0.29) is 0 Å². The number of carbonyl (C=O) groups is 2. The summed E-state index contributed by atoms with van der Waals surface area (Å²) < 4.78 is 12.6. The second-order valence-electron chi connectivity index (χ2n) is 1.97. The lowest BCUT2D eigenvalue weighted by Gasteiger charge is -2.24. The second-order valence-corrected chi connectivity index (χ2v) is 1.97. The topological polar surface area (TPSA) is 90.5 Å². The van der Waals surface area contributed by atoms with Gasteiger partial charge in [-0.15, -0.1) is 0 Å². The van der Waals surface area contributed by atoms with Crippen molar-refractivity contribution in [2.24, 2.45) is 0 Å². The molecule has 62 valence electrons. The van der Waals surface area contributed by atoms with Crippen LogP contribution in [-0.4, -0.2) is 29.5 Å². The van der Waals surface area contributed by atoms with Gasteiger partial charge in [-0.25, -0.2) is 9.18 Å². The quantitative estimate of drug-likeness (QED) is 0.353. The molecule has 0 aliphatic carbocycles. The van der Waals surface area contributed by atoms with E-state index in [9.17, 15) is 14.0 Å². The number of rotatable bonds is 1. The molecule has 7 heteroatoms. The zero-order valence-electron chi connectivity index (χ0n) is 5.30. The Bertz CT molecular complexity index is 197. The van der Waals surface area contributed by atoms with E-state index in [0.717, 1.165) is 0 Å². The van der Waals surface area contributed by atoms with Gasteiger partial charge in [-0.05, 0) is 0 Å². The highest BCUT2D eigenvalue weighted by atomic mass is 19.1. The Morgan fingerprint density at radius 2 is 2.18 bits per heavy atom. The van der Waals surface area contributed by atoms with E-state index in [2.05, 4.69) is 0 Å². The highest BCUT2D eigenvalue weighted by Crippen LogP contribution is 2.00. The maximum Gasteiger partial charge on any atom is 0.322 e. The number of hydrogen-bond donors (Lipinski definition) is 4. The van der Waals surface area contributed by atoms with Crippen LogP contribution in [0.2, 0.25) is 0 Å². The van der Waals surface area contributed by atoms with Crippen molar-refractivity contribution >= 4 is 11.9 Å². The molecule has 2 atom stereocenters. The van der Waals surface area contributed by atoms with Gasteiger partial charge in [-0.1, -0.05) is 0 Å². The average molecular weight is 163 g/mol. The predicted octanol–water partition coefficient (Wildman–Crippen LogP) is -1.53. The first-order chi connectivity index (χ1) is 5.15. The first-order valence-corrected chi connectivity index (χ1v) is 2.80. The molecule has 3 amide bonds. The molecule has 1 heterocycles. The van der Waals surface area contributed by atoms with Gasteiger partial charge in [0.25, 0.3) is 5.91 Å². The Kier molecular flexibility index (Phi) is 2.01. The van der Waals surface area contributed by atoms with Gasteiger partial charge < -0.3 is 10.5 Å². The van der Waals surface area contributed by atoms with Crippen molar-refractivity contribution in [3.63, 3.8) is 0 Å². The third-order valence-corrected chi connectivity index (χ3v) is 1.21. The molecule has 1 fully saturated rings. The second kappa shape index (κ2) is 2.81. The summed E-state index contributed by atoms with van der Waals surface area (Å²) in [6.07, 6.45) is -3.34. The molecule has 4 N–H and O–H groups in total. The summed E-state index contributed by atoms with van der Waals surface area (Å²) in [6.45, 7) is 0. The Labute approximate surface area is 60.7 Å². The fourth-order valence-electron chi connectivity index (χ4n) is 0.680. The first-order valence-electron chi connectivity index (χ1n) is 2.80. The molecule has 11 heavy (non-hydrogen) atoms. The van der Waals surface area contributed by atoms with Crippen molar-refractivity contribution in [1.82, 2.24) is 16.1 Å². The number of hydrogen-bond acceptors (Lipinski definition) is 4. The van der Waals surface area contributed by atoms with Crippen LogP contribution >= 0.6 is 0 Å². The molecule has 1 saturated heterocycles. The van der Waals surface area contributed by atoms with Crippen LogP contribution in [0.3, 0.4) is 0 Å². The summed E-state index contributed by atoms with van der Waals surface area (Å²) in [7, 11) is 0. The van der Waals surface area contributed by atoms with Crippen LogP contribution in [0.15, 0.2) is 0 Å². The van der Waals surface area contributed by atoms with Crippen molar-refractivity contribution in [3.05, 3.63) is 0 Å². The smallest absolute Gasteiger partial charge is 0.317 e.